The van der Waals surface area contributed by atoms with E-state index in [9.17, 15) is 14.7 Å². The van der Waals surface area contributed by atoms with Crippen LogP contribution in [0.25, 0.3) is 0 Å². The minimum Gasteiger partial charge on any atom is -0.497 e. The second-order valence-electron chi connectivity index (χ2n) is 5.17. The highest BCUT2D eigenvalue weighted by atomic mass is 16.5. The first-order valence-electron chi connectivity index (χ1n) is 7.54. The van der Waals surface area contributed by atoms with Crippen LogP contribution in [0.2, 0.25) is 0 Å². The van der Waals surface area contributed by atoms with Crippen LogP contribution in [0.1, 0.15) is 12.2 Å². The first kappa shape index (κ1) is 18.3. The van der Waals surface area contributed by atoms with Crippen LogP contribution in [0, 0.1) is 0 Å². The number of amides is 1. The molecule has 0 unspecified atom stereocenters. The van der Waals surface area contributed by atoms with Gasteiger partial charge in [-0.3, -0.25) is 14.9 Å². The highest BCUT2D eigenvalue weighted by Gasteiger charge is 2.22. The van der Waals surface area contributed by atoms with E-state index in [0.29, 0.717) is 22.9 Å². The van der Waals surface area contributed by atoms with Gasteiger partial charge in [0.15, 0.2) is 0 Å². The highest BCUT2D eigenvalue weighted by molar-refractivity contribution is 5.95. The number of aliphatic carboxylic acids is 1. The lowest BCUT2D eigenvalue weighted by atomic mass is 10.2. The number of carboxylic acid groups (broad SMARTS) is 1. The van der Waals surface area contributed by atoms with Crippen LogP contribution in [-0.2, 0) is 16.1 Å². The molecule has 2 rings (SSSR count). The normalized spacial score (nSPS) is 11.6. The van der Waals surface area contributed by atoms with Gasteiger partial charge in [-0.15, -0.1) is 0 Å². The summed E-state index contributed by atoms with van der Waals surface area (Å²) in [7, 11) is 2.98. The topological polar surface area (TPSA) is 110 Å². The summed E-state index contributed by atoms with van der Waals surface area (Å²) in [6.07, 6.45) is 1.24. The van der Waals surface area contributed by atoms with Crippen LogP contribution in [0.3, 0.4) is 0 Å². The lowest BCUT2D eigenvalue weighted by Crippen LogP contribution is -2.39. The molecule has 2 aromatic rings. The third-order valence-electron chi connectivity index (χ3n) is 3.47. The fourth-order valence-electron chi connectivity index (χ4n) is 2.18. The van der Waals surface area contributed by atoms with Gasteiger partial charge in [0.2, 0.25) is 5.91 Å². The summed E-state index contributed by atoms with van der Waals surface area (Å²) < 4.78 is 15.4. The standard InChI is InChI=1S/C17H20N2O6/c1-23-11-5-6-15(24-2)13(8-11)19-16(20)9-14(17(21)22)18-10-12-4-3-7-25-12/h3-8,14,18H,9-10H2,1-2H3,(H,19,20)(H,21,22)/t14-/m0/s1. The summed E-state index contributed by atoms with van der Waals surface area (Å²) in [5.74, 6) is -0.0160. The van der Waals surface area contributed by atoms with E-state index in [1.54, 1.807) is 30.3 Å². The number of carboxylic acids is 1. The summed E-state index contributed by atoms with van der Waals surface area (Å²) in [5.41, 5.74) is 0.405. The third-order valence-corrected chi connectivity index (χ3v) is 3.47. The van der Waals surface area contributed by atoms with Gasteiger partial charge in [0, 0.05) is 6.07 Å². The van der Waals surface area contributed by atoms with E-state index in [4.69, 9.17) is 13.9 Å². The molecule has 0 spiro atoms. The molecule has 0 aliphatic carbocycles. The second-order valence-corrected chi connectivity index (χ2v) is 5.17. The average Bonchev–Trinajstić information content (AvgIpc) is 3.11. The summed E-state index contributed by atoms with van der Waals surface area (Å²) in [6, 6.07) is 7.31. The molecule has 25 heavy (non-hydrogen) atoms. The molecule has 8 nitrogen and oxygen atoms in total. The summed E-state index contributed by atoms with van der Waals surface area (Å²) in [5, 5.41) is 14.7. The largest absolute Gasteiger partial charge is 0.497 e. The van der Waals surface area contributed by atoms with Crippen molar-refractivity contribution in [1.29, 1.82) is 0 Å². The van der Waals surface area contributed by atoms with Crippen LogP contribution in [-0.4, -0.2) is 37.2 Å². The molecule has 3 N–H and O–H groups in total. The number of anilines is 1. The van der Waals surface area contributed by atoms with Crippen molar-refractivity contribution in [2.45, 2.75) is 19.0 Å². The van der Waals surface area contributed by atoms with E-state index >= 15 is 0 Å². The average molecular weight is 348 g/mol. The van der Waals surface area contributed by atoms with Crippen LogP contribution < -0.4 is 20.1 Å². The van der Waals surface area contributed by atoms with Crippen molar-refractivity contribution in [1.82, 2.24) is 5.32 Å². The molecular weight excluding hydrogens is 328 g/mol. The molecule has 0 saturated carbocycles. The molecule has 1 aromatic heterocycles. The lowest BCUT2D eigenvalue weighted by Gasteiger charge is -2.15. The minimum absolute atomic E-state index is 0.208. The molecule has 1 amide bonds. The molecule has 0 aliphatic heterocycles. The molecule has 1 atom stereocenters. The van der Waals surface area contributed by atoms with Crippen molar-refractivity contribution in [2.75, 3.05) is 19.5 Å². The third kappa shape index (κ3) is 5.25. The van der Waals surface area contributed by atoms with Gasteiger partial charge in [0.25, 0.3) is 0 Å². The molecule has 134 valence electrons. The van der Waals surface area contributed by atoms with E-state index in [1.165, 1.54) is 20.5 Å². The maximum Gasteiger partial charge on any atom is 0.321 e. The Morgan fingerprint density at radius 2 is 2.04 bits per heavy atom. The first-order chi connectivity index (χ1) is 12.0. The number of nitrogens with one attached hydrogen (secondary N) is 2. The van der Waals surface area contributed by atoms with Gasteiger partial charge in [-0.2, -0.15) is 0 Å². The van der Waals surface area contributed by atoms with Gasteiger partial charge in [-0.25, -0.2) is 0 Å². The molecule has 0 saturated heterocycles. The van der Waals surface area contributed by atoms with Gasteiger partial charge in [0.1, 0.15) is 23.3 Å². The fourth-order valence-corrected chi connectivity index (χ4v) is 2.18. The van der Waals surface area contributed by atoms with Crippen molar-refractivity contribution in [3.05, 3.63) is 42.4 Å². The lowest BCUT2D eigenvalue weighted by molar-refractivity contribution is -0.141. The molecular formula is C17H20N2O6. The Kier molecular flexibility index (Phi) is 6.41. The zero-order valence-electron chi connectivity index (χ0n) is 13.9. The van der Waals surface area contributed by atoms with E-state index in [2.05, 4.69) is 10.6 Å². The van der Waals surface area contributed by atoms with E-state index in [-0.39, 0.29) is 13.0 Å². The first-order valence-corrected chi connectivity index (χ1v) is 7.54. The number of hydrogen-bond acceptors (Lipinski definition) is 6. The predicted molar refractivity (Wildman–Crippen MR) is 89.8 cm³/mol. The Balaban J connectivity index is 2.00. The number of methoxy groups -OCH3 is 2. The maximum atomic E-state index is 12.2. The molecule has 0 bridgehead atoms. The van der Waals surface area contributed by atoms with Gasteiger partial charge in [-0.05, 0) is 24.3 Å². The Labute approximate surface area is 144 Å². The highest BCUT2D eigenvalue weighted by Crippen LogP contribution is 2.29. The summed E-state index contributed by atoms with van der Waals surface area (Å²) in [4.78, 5) is 23.6. The van der Waals surface area contributed by atoms with Crippen molar-refractivity contribution in [3.8, 4) is 11.5 Å². The van der Waals surface area contributed by atoms with Crippen LogP contribution in [0.15, 0.2) is 41.0 Å². The zero-order chi connectivity index (χ0) is 18.2. The summed E-state index contributed by atoms with van der Waals surface area (Å²) >= 11 is 0. The van der Waals surface area contributed by atoms with Crippen molar-refractivity contribution in [2.24, 2.45) is 0 Å². The van der Waals surface area contributed by atoms with Crippen molar-refractivity contribution >= 4 is 17.6 Å². The molecule has 0 aliphatic rings. The number of benzene rings is 1. The van der Waals surface area contributed by atoms with E-state index < -0.39 is 17.9 Å². The zero-order valence-corrected chi connectivity index (χ0v) is 13.9. The molecule has 1 aromatic carbocycles. The molecule has 0 fully saturated rings. The van der Waals surface area contributed by atoms with Gasteiger partial charge < -0.3 is 24.3 Å². The number of furan rings is 1. The Bertz CT molecular complexity index is 714. The fraction of sp³-hybridized carbons (Fsp3) is 0.294. The Morgan fingerprint density at radius 3 is 2.64 bits per heavy atom. The molecule has 1 heterocycles. The monoisotopic (exact) mass is 348 g/mol. The molecule has 8 heteroatoms. The summed E-state index contributed by atoms with van der Waals surface area (Å²) in [6.45, 7) is 0.208. The number of rotatable bonds is 9. The Morgan fingerprint density at radius 1 is 1.24 bits per heavy atom. The SMILES string of the molecule is COc1ccc(OC)c(NC(=O)C[C@H](NCc2ccco2)C(=O)O)c1. The Hall–Kier alpha value is -3.00. The predicted octanol–water partition coefficient (Wildman–Crippen LogP) is 1.87. The van der Waals surface area contributed by atoms with E-state index in [0.717, 1.165) is 0 Å². The number of carbonyl (C=O) groups excluding carboxylic acids is 1. The van der Waals surface area contributed by atoms with Gasteiger partial charge in [0.05, 0.1) is 39.1 Å². The van der Waals surface area contributed by atoms with Crippen molar-refractivity contribution < 1.29 is 28.6 Å². The van der Waals surface area contributed by atoms with Crippen LogP contribution in [0.4, 0.5) is 5.69 Å². The number of carbonyl (C=O) groups is 2. The minimum atomic E-state index is -1.13. The van der Waals surface area contributed by atoms with Gasteiger partial charge in [-0.1, -0.05) is 0 Å². The van der Waals surface area contributed by atoms with Crippen LogP contribution >= 0.6 is 0 Å². The maximum absolute atomic E-state index is 12.2. The molecule has 0 radical (unpaired) electrons. The second kappa shape index (κ2) is 8.74. The van der Waals surface area contributed by atoms with Gasteiger partial charge >= 0.3 is 5.97 Å². The van der Waals surface area contributed by atoms with E-state index in [1.807, 2.05) is 0 Å². The smallest absolute Gasteiger partial charge is 0.321 e. The van der Waals surface area contributed by atoms with Crippen molar-refractivity contribution in [3.63, 3.8) is 0 Å². The number of hydrogen-bond donors (Lipinski definition) is 3. The van der Waals surface area contributed by atoms with Crippen LogP contribution in [0.5, 0.6) is 11.5 Å². The number of ether oxygens (including phenoxy) is 2. The quantitative estimate of drug-likeness (QED) is 0.634.